The van der Waals surface area contributed by atoms with Gasteiger partial charge in [0.25, 0.3) is 0 Å². The maximum absolute atomic E-state index is 11.7. The van der Waals surface area contributed by atoms with Crippen molar-refractivity contribution in [3.63, 3.8) is 0 Å². The number of aromatic nitrogens is 4. The third-order valence-corrected chi connectivity index (χ3v) is 6.97. The predicted molar refractivity (Wildman–Crippen MR) is 89.4 cm³/mol. The lowest BCUT2D eigenvalue weighted by atomic mass is 10.5. The van der Waals surface area contributed by atoms with Gasteiger partial charge in [-0.05, 0) is 0 Å². The molecule has 0 bridgehead atoms. The number of rotatable bonds is 8. The van der Waals surface area contributed by atoms with Gasteiger partial charge in [0.1, 0.15) is 12.1 Å². The van der Waals surface area contributed by atoms with E-state index in [9.17, 15) is 18.6 Å². The summed E-state index contributed by atoms with van der Waals surface area (Å²) in [5, 5.41) is 0. The summed E-state index contributed by atoms with van der Waals surface area (Å²) >= 11 is 0. The molecule has 6 N–H and O–H groups in total. The van der Waals surface area contributed by atoms with E-state index in [4.69, 9.17) is 29.9 Å². The fraction of sp³-hybridized carbons (Fsp3) is 0.444. The van der Waals surface area contributed by atoms with Crippen molar-refractivity contribution in [3.05, 3.63) is 12.5 Å². The van der Waals surface area contributed by atoms with Gasteiger partial charge in [0.2, 0.25) is 5.95 Å². The summed E-state index contributed by atoms with van der Waals surface area (Å²) in [6.07, 6.45) is 0.819. The predicted octanol–water partition coefficient (Wildman–Crippen LogP) is -0.377. The summed E-state index contributed by atoms with van der Waals surface area (Å²) in [7, 11) is -16.4. The largest absolute Gasteiger partial charge is 0.490 e. The van der Waals surface area contributed by atoms with Gasteiger partial charge >= 0.3 is 23.5 Å². The molecule has 4 atom stereocenters. The number of nitrogen functional groups attached to an aromatic ring is 1. The number of phosphoric ester groups is 1. The first-order valence-corrected chi connectivity index (χ1v) is 11.9. The molecule has 0 radical (unpaired) electrons. The summed E-state index contributed by atoms with van der Waals surface area (Å²) in [5.41, 5.74) is 6.31. The van der Waals surface area contributed by atoms with Gasteiger partial charge in [-0.3, -0.25) is 9.09 Å². The van der Waals surface area contributed by atoms with Crippen LogP contribution in [0.25, 0.3) is 11.2 Å². The Morgan fingerprint density at radius 2 is 1.90 bits per heavy atom. The van der Waals surface area contributed by atoms with Crippen molar-refractivity contribution in [2.75, 3.05) is 18.9 Å². The Bertz CT molecular complexity index is 1040. The number of fused-ring (bicyclic) bond motifs is 1. The average Bonchev–Trinajstić information content (AvgIpc) is 3.15. The molecule has 162 valence electrons. The molecule has 1 aliphatic rings. The Hall–Kier alpha value is -1.32. The van der Waals surface area contributed by atoms with Crippen LogP contribution in [0.15, 0.2) is 12.5 Å². The standard InChI is InChI=1S/C9H14N5O12P3/c10-9-11-1-5-8(13-9)14(4-12-5)6-2-22-7(24-6)3-23-28(18,19)26-29(20,21)25-27(15,16)17/h1,4,6-7H,2-3H2,(H,18,19)(H,20,21)(H2,10,11,13)(H2,15,16,17). The van der Waals surface area contributed by atoms with Gasteiger partial charge in [0.05, 0.1) is 19.1 Å². The number of imidazole rings is 1. The van der Waals surface area contributed by atoms with Crippen LogP contribution in [-0.4, -0.2) is 58.6 Å². The second-order valence-corrected chi connectivity index (χ2v) is 9.75. The second kappa shape index (κ2) is 8.07. The first-order chi connectivity index (χ1) is 13.3. The van der Waals surface area contributed by atoms with E-state index in [0.29, 0.717) is 11.2 Å². The molecule has 0 aliphatic carbocycles. The van der Waals surface area contributed by atoms with Crippen molar-refractivity contribution >= 4 is 40.6 Å². The van der Waals surface area contributed by atoms with E-state index in [1.165, 1.54) is 17.1 Å². The molecule has 1 saturated heterocycles. The average molecular weight is 477 g/mol. The third-order valence-electron chi connectivity index (χ3n) is 3.17. The van der Waals surface area contributed by atoms with Crippen LogP contribution in [0.1, 0.15) is 6.23 Å². The fourth-order valence-electron chi connectivity index (χ4n) is 2.19. The topological polar surface area (TPSA) is 248 Å². The molecule has 1 aliphatic heterocycles. The molecule has 3 heterocycles. The molecule has 0 saturated carbocycles. The molecule has 3 rings (SSSR count). The summed E-state index contributed by atoms with van der Waals surface area (Å²) in [5.74, 6) is 0.00220. The summed E-state index contributed by atoms with van der Waals surface area (Å²) in [6.45, 7) is -0.788. The minimum atomic E-state index is -5.60. The SMILES string of the molecule is Nc1ncc2ncn(C3COC(COP(=O)(O)OP(=O)(O)OP(=O)(O)O)O3)c2n1. The van der Waals surface area contributed by atoms with Gasteiger partial charge in [-0.15, -0.1) is 0 Å². The van der Waals surface area contributed by atoms with Crippen molar-refractivity contribution in [1.82, 2.24) is 19.5 Å². The highest BCUT2D eigenvalue weighted by molar-refractivity contribution is 7.66. The smallest absolute Gasteiger partial charge is 0.368 e. The zero-order valence-electron chi connectivity index (χ0n) is 14.0. The van der Waals surface area contributed by atoms with E-state index in [1.54, 1.807) is 0 Å². The molecule has 0 aromatic carbocycles. The quantitative estimate of drug-likeness (QED) is 0.304. The van der Waals surface area contributed by atoms with E-state index in [1.807, 2.05) is 0 Å². The van der Waals surface area contributed by atoms with E-state index >= 15 is 0 Å². The van der Waals surface area contributed by atoms with Gasteiger partial charge in [-0.25, -0.2) is 23.7 Å². The molecular weight excluding hydrogens is 463 g/mol. The van der Waals surface area contributed by atoms with Crippen molar-refractivity contribution in [2.24, 2.45) is 0 Å². The van der Waals surface area contributed by atoms with Crippen molar-refractivity contribution in [3.8, 4) is 0 Å². The molecule has 20 heteroatoms. The molecule has 0 spiro atoms. The Balaban J connectivity index is 1.58. The number of anilines is 1. The van der Waals surface area contributed by atoms with Crippen LogP contribution in [0, 0.1) is 0 Å². The molecule has 29 heavy (non-hydrogen) atoms. The minimum absolute atomic E-state index is 0.00220. The van der Waals surface area contributed by atoms with E-state index in [-0.39, 0.29) is 12.6 Å². The van der Waals surface area contributed by atoms with E-state index in [2.05, 4.69) is 28.1 Å². The van der Waals surface area contributed by atoms with Crippen molar-refractivity contribution in [1.29, 1.82) is 0 Å². The van der Waals surface area contributed by atoms with Crippen LogP contribution in [-0.2, 0) is 36.3 Å². The van der Waals surface area contributed by atoms with Crippen LogP contribution >= 0.6 is 23.5 Å². The van der Waals surface area contributed by atoms with Crippen molar-refractivity contribution < 1.29 is 55.9 Å². The first-order valence-electron chi connectivity index (χ1n) is 7.34. The Labute approximate surface area is 160 Å². The molecule has 2 aromatic heterocycles. The third kappa shape index (κ3) is 6.08. The zero-order chi connectivity index (χ0) is 21.4. The zero-order valence-corrected chi connectivity index (χ0v) is 16.7. The van der Waals surface area contributed by atoms with Gasteiger partial charge in [-0.2, -0.15) is 13.6 Å². The highest BCUT2D eigenvalue weighted by Crippen LogP contribution is 2.66. The second-order valence-electron chi connectivity index (χ2n) is 5.33. The minimum Gasteiger partial charge on any atom is -0.368 e. The number of nitrogens with two attached hydrogens (primary N) is 1. The van der Waals surface area contributed by atoms with Gasteiger partial charge < -0.3 is 34.8 Å². The van der Waals surface area contributed by atoms with Crippen LogP contribution < -0.4 is 5.73 Å². The summed E-state index contributed by atoms with van der Waals surface area (Å²) in [4.78, 5) is 47.3. The highest BCUT2D eigenvalue weighted by Gasteiger charge is 2.41. The first kappa shape index (κ1) is 22.4. The van der Waals surface area contributed by atoms with Crippen LogP contribution in [0.2, 0.25) is 0 Å². The Morgan fingerprint density at radius 3 is 2.59 bits per heavy atom. The molecule has 0 amide bonds. The van der Waals surface area contributed by atoms with Gasteiger partial charge in [0, 0.05) is 0 Å². The molecule has 1 fully saturated rings. The monoisotopic (exact) mass is 477 g/mol. The Kier molecular flexibility index (Phi) is 6.23. The lowest BCUT2D eigenvalue weighted by molar-refractivity contribution is -0.0961. The van der Waals surface area contributed by atoms with E-state index < -0.39 is 42.6 Å². The summed E-state index contributed by atoms with van der Waals surface area (Å²) in [6, 6.07) is 0. The van der Waals surface area contributed by atoms with E-state index in [0.717, 1.165) is 0 Å². The lowest BCUT2D eigenvalue weighted by Crippen LogP contribution is -2.17. The molecule has 17 nitrogen and oxygen atoms in total. The normalized spacial score (nSPS) is 24.4. The van der Waals surface area contributed by atoms with Crippen LogP contribution in [0.4, 0.5) is 5.95 Å². The van der Waals surface area contributed by atoms with Gasteiger partial charge in [0.15, 0.2) is 18.2 Å². The lowest BCUT2D eigenvalue weighted by Gasteiger charge is -2.17. The molecule has 2 aromatic rings. The van der Waals surface area contributed by atoms with Crippen molar-refractivity contribution in [2.45, 2.75) is 12.5 Å². The van der Waals surface area contributed by atoms with Crippen LogP contribution in [0.3, 0.4) is 0 Å². The molecular formula is C9H14N5O12P3. The number of ether oxygens (including phenoxy) is 2. The number of phosphoric acid groups is 3. The van der Waals surface area contributed by atoms with Crippen LogP contribution in [0.5, 0.6) is 0 Å². The molecule has 4 unspecified atom stereocenters. The fourth-order valence-corrected chi connectivity index (χ4v) is 5.19. The highest BCUT2D eigenvalue weighted by atomic mass is 31.3. The maximum atomic E-state index is 11.7. The maximum Gasteiger partial charge on any atom is 0.490 e. The summed E-state index contributed by atoms with van der Waals surface area (Å²) < 4.78 is 57.3. The number of hydrogen-bond donors (Lipinski definition) is 5. The number of hydrogen-bond acceptors (Lipinski definition) is 12. The number of nitrogens with zero attached hydrogens (tertiary/aromatic N) is 4. The Morgan fingerprint density at radius 1 is 1.17 bits per heavy atom. The van der Waals surface area contributed by atoms with Gasteiger partial charge in [-0.1, -0.05) is 0 Å².